The molecule has 5 rings (SSSR count). The molecular formula is C26H17N3O4S. The minimum absolute atomic E-state index is 0.0424. The van der Waals surface area contributed by atoms with Gasteiger partial charge in [-0.25, -0.2) is 4.98 Å². The van der Waals surface area contributed by atoms with Crippen molar-refractivity contribution in [3.63, 3.8) is 0 Å². The maximum atomic E-state index is 10.9. The fraction of sp³-hybridized carbons (Fsp3) is 0.0769. The first-order valence-electron chi connectivity index (χ1n) is 10.4. The molecule has 1 aromatic heterocycles. The molecule has 0 N–H and O–H groups in total. The molecular weight excluding hydrogens is 450 g/mol. The Morgan fingerprint density at radius 1 is 0.971 bits per heavy atom. The minimum Gasteiger partial charge on any atom is -0.454 e. The Balaban J connectivity index is 1.56. The van der Waals surface area contributed by atoms with Crippen LogP contribution >= 0.6 is 11.8 Å². The van der Waals surface area contributed by atoms with Gasteiger partial charge in [-0.1, -0.05) is 48.5 Å². The summed E-state index contributed by atoms with van der Waals surface area (Å²) in [6.07, 6.45) is 0. The molecule has 2 heterocycles. The zero-order chi connectivity index (χ0) is 23.5. The fourth-order valence-corrected chi connectivity index (χ4v) is 4.61. The van der Waals surface area contributed by atoms with Gasteiger partial charge in [0, 0.05) is 29.0 Å². The topological polar surface area (TPSA) is 98.3 Å². The minimum atomic E-state index is -0.423. The van der Waals surface area contributed by atoms with Crippen LogP contribution in [0.15, 0.2) is 83.9 Å². The van der Waals surface area contributed by atoms with Crippen LogP contribution in [0.2, 0.25) is 0 Å². The van der Waals surface area contributed by atoms with Crippen molar-refractivity contribution in [1.82, 2.24) is 4.98 Å². The van der Waals surface area contributed by atoms with Gasteiger partial charge in [0.2, 0.25) is 6.79 Å². The molecule has 8 heteroatoms. The maximum Gasteiger partial charge on any atom is 0.269 e. The van der Waals surface area contributed by atoms with Crippen molar-refractivity contribution in [2.24, 2.45) is 0 Å². The van der Waals surface area contributed by atoms with Crippen LogP contribution in [-0.4, -0.2) is 16.7 Å². The van der Waals surface area contributed by atoms with E-state index in [1.807, 2.05) is 54.6 Å². The molecule has 0 radical (unpaired) electrons. The molecule has 1 aliphatic heterocycles. The van der Waals surface area contributed by atoms with Gasteiger partial charge in [-0.3, -0.25) is 10.1 Å². The molecule has 0 fully saturated rings. The van der Waals surface area contributed by atoms with E-state index in [4.69, 9.17) is 14.5 Å². The number of ether oxygens (including phenoxy) is 2. The van der Waals surface area contributed by atoms with Crippen molar-refractivity contribution < 1.29 is 14.4 Å². The summed E-state index contributed by atoms with van der Waals surface area (Å²) in [6.45, 7) is 0.172. The van der Waals surface area contributed by atoms with Gasteiger partial charge in [0.15, 0.2) is 11.5 Å². The largest absolute Gasteiger partial charge is 0.454 e. The fourth-order valence-electron chi connectivity index (χ4n) is 3.65. The number of hydrogen-bond acceptors (Lipinski definition) is 7. The summed E-state index contributed by atoms with van der Waals surface area (Å²) in [5.41, 5.74) is 4.67. The first kappa shape index (κ1) is 21.5. The lowest BCUT2D eigenvalue weighted by molar-refractivity contribution is -0.384. The van der Waals surface area contributed by atoms with Crippen molar-refractivity contribution >= 4 is 17.4 Å². The molecule has 7 nitrogen and oxygen atoms in total. The summed E-state index contributed by atoms with van der Waals surface area (Å²) in [5, 5.41) is 21.6. The highest BCUT2D eigenvalue weighted by Crippen LogP contribution is 2.40. The lowest BCUT2D eigenvalue weighted by atomic mass is 9.99. The number of nitro benzene ring substituents is 1. The third-order valence-electron chi connectivity index (χ3n) is 5.37. The SMILES string of the molecule is N#Cc1c(-c2ccc3c(c2)OCO3)cc(-c2ccccc2)nc1SCc1ccc([N+](=O)[O-])cc1. The third kappa shape index (κ3) is 4.29. The summed E-state index contributed by atoms with van der Waals surface area (Å²) in [5.74, 6) is 1.82. The third-order valence-corrected chi connectivity index (χ3v) is 6.42. The van der Waals surface area contributed by atoms with Crippen LogP contribution in [-0.2, 0) is 5.75 Å². The maximum absolute atomic E-state index is 10.9. The summed E-state index contributed by atoms with van der Waals surface area (Å²) < 4.78 is 11.0. The van der Waals surface area contributed by atoms with Crippen molar-refractivity contribution in [2.75, 3.05) is 6.79 Å². The molecule has 34 heavy (non-hydrogen) atoms. The summed E-state index contributed by atoms with van der Waals surface area (Å²) in [6, 6.07) is 26.0. The second-order valence-corrected chi connectivity index (χ2v) is 8.46. The van der Waals surface area contributed by atoms with E-state index in [0.29, 0.717) is 27.8 Å². The first-order chi connectivity index (χ1) is 16.6. The average Bonchev–Trinajstić information content (AvgIpc) is 3.35. The molecule has 1 aliphatic rings. The van der Waals surface area contributed by atoms with Crippen LogP contribution in [0.3, 0.4) is 0 Å². The normalized spacial score (nSPS) is 11.7. The van der Waals surface area contributed by atoms with E-state index in [1.54, 1.807) is 12.1 Å². The van der Waals surface area contributed by atoms with Gasteiger partial charge < -0.3 is 9.47 Å². The van der Waals surface area contributed by atoms with Gasteiger partial charge in [-0.05, 0) is 29.3 Å². The van der Waals surface area contributed by atoms with E-state index < -0.39 is 4.92 Å². The van der Waals surface area contributed by atoms with Gasteiger partial charge in [-0.2, -0.15) is 5.26 Å². The van der Waals surface area contributed by atoms with Crippen LogP contribution in [0.4, 0.5) is 5.69 Å². The van der Waals surface area contributed by atoms with Gasteiger partial charge in [0.1, 0.15) is 11.1 Å². The molecule has 0 saturated carbocycles. The average molecular weight is 468 g/mol. The van der Waals surface area contributed by atoms with E-state index in [1.165, 1.54) is 23.9 Å². The molecule has 3 aromatic carbocycles. The summed E-state index contributed by atoms with van der Waals surface area (Å²) in [4.78, 5) is 15.3. The van der Waals surface area contributed by atoms with Gasteiger partial charge in [0.05, 0.1) is 16.2 Å². The monoisotopic (exact) mass is 467 g/mol. The first-order valence-corrected chi connectivity index (χ1v) is 11.4. The van der Waals surface area contributed by atoms with E-state index >= 15 is 0 Å². The van der Waals surface area contributed by atoms with Crippen molar-refractivity contribution in [1.29, 1.82) is 5.26 Å². The number of hydrogen-bond donors (Lipinski definition) is 0. The second kappa shape index (κ2) is 9.25. The van der Waals surface area contributed by atoms with Crippen molar-refractivity contribution in [3.05, 3.63) is 100 Å². The number of pyridine rings is 1. The number of non-ortho nitro benzene ring substituents is 1. The lowest BCUT2D eigenvalue weighted by Gasteiger charge is -2.13. The van der Waals surface area contributed by atoms with E-state index in [9.17, 15) is 15.4 Å². The Bertz CT molecular complexity index is 1420. The van der Waals surface area contributed by atoms with Gasteiger partial charge >= 0.3 is 0 Å². The van der Waals surface area contributed by atoms with Gasteiger partial charge in [0.25, 0.3) is 5.69 Å². The van der Waals surface area contributed by atoms with E-state index in [2.05, 4.69) is 6.07 Å². The van der Waals surface area contributed by atoms with Crippen molar-refractivity contribution in [3.8, 4) is 40.0 Å². The highest BCUT2D eigenvalue weighted by molar-refractivity contribution is 7.98. The lowest BCUT2D eigenvalue weighted by Crippen LogP contribution is -1.96. The number of rotatable bonds is 6. The number of aromatic nitrogens is 1. The van der Waals surface area contributed by atoms with Crippen LogP contribution in [0.5, 0.6) is 11.5 Å². The van der Waals surface area contributed by atoms with Crippen LogP contribution in [0.1, 0.15) is 11.1 Å². The number of nitro groups is 1. The second-order valence-electron chi connectivity index (χ2n) is 7.49. The zero-order valence-electron chi connectivity index (χ0n) is 17.8. The molecule has 0 atom stereocenters. The smallest absolute Gasteiger partial charge is 0.269 e. The molecule has 0 spiro atoms. The highest BCUT2D eigenvalue weighted by atomic mass is 32.2. The molecule has 4 aromatic rings. The molecule has 0 bridgehead atoms. The predicted molar refractivity (Wildman–Crippen MR) is 129 cm³/mol. The summed E-state index contributed by atoms with van der Waals surface area (Å²) in [7, 11) is 0. The van der Waals surface area contributed by atoms with Crippen LogP contribution in [0.25, 0.3) is 22.4 Å². The Kier molecular flexibility index (Phi) is 5.85. The Labute approximate surface area is 199 Å². The predicted octanol–water partition coefficient (Wildman–Crippen LogP) is 6.22. The molecule has 166 valence electrons. The van der Waals surface area contributed by atoms with E-state index in [0.717, 1.165) is 27.9 Å². The number of nitrogens with zero attached hydrogens (tertiary/aromatic N) is 3. The molecule has 0 amide bonds. The highest BCUT2D eigenvalue weighted by Gasteiger charge is 2.19. The standard InChI is InChI=1S/C26H17N3O4S/c27-14-22-21(19-8-11-24-25(12-19)33-16-32-24)13-23(18-4-2-1-3-5-18)28-26(22)34-15-17-6-9-20(10-7-17)29(30)31/h1-13H,15-16H2. The molecule has 0 aliphatic carbocycles. The van der Waals surface area contributed by atoms with E-state index in [-0.39, 0.29) is 12.5 Å². The molecule has 0 unspecified atom stereocenters. The number of thioether (sulfide) groups is 1. The Morgan fingerprint density at radius 2 is 1.74 bits per heavy atom. The molecule has 0 saturated heterocycles. The van der Waals surface area contributed by atoms with Crippen LogP contribution < -0.4 is 9.47 Å². The number of nitriles is 1. The van der Waals surface area contributed by atoms with Crippen molar-refractivity contribution in [2.45, 2.75) is 10.8 Å². The summed E-state index contributed by atoms with van der Waals surface area (Å²) >= 11 is 1.42. The Morgan fingerprint density at radius 3 is 2.47 bits per heavy atom. The number of benzene rings is 3. The Hall–Kier alpha value is -4.35. The zero-order valence-corrected chi connectivity index (χ0v) is 18.6. The van der Waals surface area contributed by atoms with Crippen LogP contribution in [0, 0.1) is 21.4 Å². The quantitative estimate of drug-likeness (QED) is 0.189. The number of fused-ring (bicyclic) bond motifs is 1. The van der Waals surface area contributed by atoms with Gasteiger partial charge in [-0.15, -0.1) is 11.8 Å².